The molecule has 0 fully saturated rings. The molecule has 0 aliphatic heterocycles. The van der Waals surface area contributed by atoms with E-state index in [0.29, 0.717) is 5.92 Å². The standard InChI is InChI=1S/C23H20/c1-2-19-20-15-9-10-16-21(20)23(18-13-7-4-8-14-18)22(19)17-11-5-3-6-12-17/h3-16,19H,2H2,1H3. The van der Waals surface area contributed by atoms with Crippen LogP contribution in [-0.2, 0) is 0 Å². The molecule has 0 spiro atoms. The minimum absolute atomic E-state index is 0.476. The van der Waals surface area contributed by atoms with Gasteiger partial charge in [0.15, 0.2) is 0 Å². The first-order valence-electron chi connectivity index (χ1n) is 8.34. The van der Waals surface area contributed by atoms with E-state index in [-0.39, 0.29) is 0 Å². The lowest BCUT2D eigenvalue weighted by atomic mass is 9.88. The van der Waals surface area contributed by atoms with Crippen LogP contribution in [0.2, 0.25) is 0 Å². The van der Waals surface area contributed by atoms with E-state index in [4.69, 9.17) is 0 Å². The number of fused-ring (bicyclic) bond motifs is 1. The van der Waals surface area contributed by atoms with Gasteiger partial charge in [0.2, 0.25) is 0 Å². The van der Waals surface area contributed by atoms with E-state index in [1.807, 2.05) is 0 Å². The number of rotatable bonds is 3. The smallest absolute Gasteiger partial charge is 0.0105 e. The highest BCUT2D eigenvalue weighted by Gasteiger charge is 2.31. The maximum atomic E-state index is 2.29. The Bertz CT molecular complexity index is 841. The molecule has 0 aromatic heterocycles. The largest absolute Gasteiger partial charge is 0.0645 e. The van der Waals surface area contributed by atoms with Crippen LogP contribution in [0.25, 0.3) is 11.1 Å². The van der Waals surface area contributed by atoms with Crippen LogP contribution < -0.4 is 0 Å². The zero-order valence-electron chi connectivity index (χ0n) is 13.4. The van der Waals surface area contributed by atoms with Gasteiger partial charge in [-0.3, -0.25) is 0 Å². The zero-order valence-corrected chi connectivity index (χ0v) is 13.4. The molecule has 0 saturated carbocycles. The SMILES string of the molecule is CCC1C(c2ccccc2)=C(c2ccccc2)c2ccccc21. The summed E-state index contributed by atoms with van der Waals surface area (Å²) in [6, 6.07) is 30.6. The van der Waals surface area contributed by atoms with Crippen molar-refractivity contribution in [2.75, 3.05) is 0 Å². The molecule has 1 unspecified atom stereocenters. The third-order valence-electron chi connectivity index (χ3n) is 4.78. The monoisotopic (exact) mass is 296 g/mol. The maximum absolute atomic E-state index is 2.29. The van der Waals surface area contributed by atoms with Crippen molar-refractivity contribution in [1.82, 2.24) is 0 Å². The predicted molar refractivity (Wildman–Crippen MR) is 98.3 cm³/mol. The highest BCUT2D eigenvalue weighted by molar-refractivity contribution is 6.05. The molecule has 0 amide bonds. The third kappa shape index (κ3) is 2.31. The fourth-order valence-electron chi connectivity index (χ4n) is 3.81. The van der Waals surface area contributed by atoms with Gasteiger partial charge in [-0.15, -0.1) is 0 Å². The van der Waals surface area contributed by atoms with E-state index in [0.717, 1.165) is 6.42 Å². The number of benzene rings is 3. The van der Waals surface area contributed by atoms with Gasteiger partial charge in [0.05, 0.1) is 0 Å². The summed E-state index contributed by atoms with van der Waals surface area (Å²) in [5, 5.41) is 0. The maximum Gasteiger partial charge on any atom is 0.0105 e. The molecule has 1 atom stereocenters. The van der Waals surface area contributed by atoms with E-state index < -0.39 is 0 Å². The first-order chi connectivity index (χ1) is 11.4. The van der Waals surface area contributed by atoms with Gasteiger partial charge < -0.3 is 0 Å². The molecular weight excluding hydrogens is 276 g/mol. The summed E-state index contributed by atoms with van der Waals surface area (Å²) in [4.78, 5) is 0. The normalized spacial score (nSPS) is 16.5. The Morgan fingerprint density at radius 1 is 0.652 bits per heavy atom. The zero-order chi connectivity index (χ0) is 15.6. The minimum Gasteiger partial charge on any atom is -0.0645 e. The van der Waals surface area contributed by atoms with Gasteiger partial charge in [-0.05, 0) is 39.8 Å². The van der Waals surface area contributed by atoms with Crippen molar-refractivity contribution in [3.05, 3.63) is 107 Å². The molecule has 3 aromatic rings. The van der Waals surface area contributed by atoms with Crippen LogP contribution in [0.1, 0.15) is 41.5 Å². The Balaban J connectivity index is 2.03. The second-order valence-electron chi connectivity index (χ2n) is 6.07. The third-order valence-corrected chi connectivity index (χ3v) is 4.78. The Kier molecular flexibility index (Phi) is 3.59. The molecule has 0 heterocycles. The number of hydrogen-bond acceptors (Lipinski definition) is 0. The summed E-state index contributed by atoms with van der Waals surface area (Å²) in [5.41, 5.74) is 8.39. The second kappa shape index (κ2) is 5.89. The van der Waals surface area contributed by atoms with Gasteiger partial charge >= 0.3 is 0 Å². The predicted octanol–water partition coefficient (Wildman–Crippen LogP) is 6.15. The molecule has 4 rings (SSSR count). The summed E-state index contributed by atoms with van der Waals surface area (Å²) in [6.45, 7) is 2.29. The Morgan fingerprint density at radius 2 is 1.22 bits per heavy atom. The highest BCUT2D eigenvalue weighted by Crippen LogP contribution is 2.50. The average molecular weight is 296 g/mol. The van der Waals surface area contributed by atoms with Crippen LogP contribution >= 0.6 is 0 Å². The first kappa shape index (κ1) is 14.0. The van der Waals surface area contributed by atoms with E-state index in [1.54, 1.807) is 0 Å². The van der Waals surface area contributed by atoms with Crippen LogP contribution in [0.15, 0.2) is 84.9 Å². The van der Waals surface area contributed by atoms with Gasteiger partial charge in [0.25, 0.3) is 0 Å². The molecule has 0 N–H and O–H groups in total. The van der Waals surface area contributed by atoms with Crippen molar-refractivity contribution in [3.8, 4) is 0 Å². The van der Waals surface area contributed by atoms with E-state index >= 15 is 0 Å². The number of allylic oxidation sites excluding steroid dienone is 1. The summed E-state index contributed by atoms with van der Waals surface area (Å²) in [7, 11) is 0. The molecule has 0 bridgehead atoms. The van der Waals surface area contributed by atoms with Crippen LogP contribution in [0.5, 0.6) is 0 Å². The lowest BCUT2D eigenvalue weighted by molar-refractivity contribution is 0.834. The molecule has 0 saturated heterocycles. The van der Waals surface area contributed by atoms with Crippen molar-refractivity contribution in [3.63, 3.8) is 0 Å². The molecule has 1 aliphatic carbocycles. The van der Waals surface area contributed by atoms with Crippen molar-refractivity contribution in [2.24, 2.45) is 0 Å². The van der Waals surface area contributed by atoms with E-state index in [9.17, 15) is 0 Å². The van der Waals surface area contributed by atoms with Gasteiger partial charge in [0, 0.05) is 5.92 Å². The molecule has 0 nitrogen and oxygen atoms in total. The summed E-state index contributed by atoms with van der Waals surface area (Å²) in [5.74, 6) is 0.476. The number of hydrogen-bond donors (Lipinski definition) is 0. The minimum atomic E-state index is 0.476. The van der Waals surface area contributed by atoms with E-state index in [2.05, 4.69) is 91.9 Å². The Hall–Kier alpha value is -2.60. The lowest BCUT2D eigenvalue weighted by Crippen LogP contribution is -1.97. The fourth-order valence-corrected chi connectivity index (χ4v) is 3.81. The summed E-state index contributed by atoms with van der Waals surface area (Å²) >= 11 is 0. The van der Waals surface area contributed by atoms with Gasteiger partial charge in [-0.25, -0.2) is 0 Å². The van der Waals surface area contributed by atoms with Gasteiger partial charge in [-0.1, -0.05) is 91.9 Å². The van der Waals surface area contributed by atoms with Crippen molar-refractivity contribution in [1.29, 1.82) is 0 Å². The van der Waals surface area contributed by atoms with Crippen LogP contribution in [0.4, 0.5) is 0 Å². The average Bonchev–Trinajstić information content (AvgIpc) is 2.97. The second-order valence-corrected chi connectivity index (χ2v) is 6.07. The first-order valence-corrected chi connectivity index (χ1v) is 8.34. The van der Waals surface area contributed by atoms with E-state index in [1.165, 1.54) is 33.4 Å². The summed E-state index contributed by atoms with van der Waals surface area (Å²) < 4.78 is 0. The summed E-state index contributed by atoms with van der Waals surface area (Å²) in [6.07, 6.45) is 1.12. The molecule has 112 valence electrons. The van der Waals surface area contributed by atoms with Crippen molar-refractivity contribution in [2.45, 2.75) is 19.3 Å². The van der Waals surface area contributed by atoms with Gasteiger partial charge in [0.1, 0.15) is 0 Å². The van der Waals surface area contributed by atoms with Crippen LogP contribution in [0.3, 0.4) is 0 Å². The fraction of sp³-hybridized carbons (Fsp3) is 0.130. The highest BCUT2D eigenvalue weighted by atomic mass is 14.3. The Labute approximate surface area is 138 Å². The van der Waals surface area contributed by atoms with Gasteiger partial charge in [-0.2, -0.15) is 0 Å². The molecule has 1 aliphatic rings. The quantitative estimate of drug-likeness (QED) is 0.543. The molecule has 0 radical (unpaired) electrons. The molecule has 0 heteroatoms. The van der Waals surface area contributed by atoms with Crippen LogP contribution in [-0.4, -0.2) is 0 Å². The molecule has 23 heavy (non-hydrogen) atoms. The van der Waals surface area contributed by atoms with Crippen molar-refractivity contribution < 1.29 is 0 Å². The lowest BCUT2D eigenvalue weighted by Gasteiger charge is -2.16. The topological polar surface area (TPSA) is 0 Å². The van der Waals surface area contributed by atoms with Crippen molar-refractivity contribution >= 4 is 11.1 Å². The molecular formula is C23H20. The van der Waals surface area contributed by atoms with Crippen LogP contribution in [0, 0.1) is 0 Å². The molecule has 3 aromatic carbocycles. The Morgan fingerprint density at radius 3 is 1.87 bits per heavy atom.